The van der Waals surface area contributed by atoms with Gasteiger partial charge in [-0.1, -0.05) is 37.3 Å². The van der Waals surface area contributed by atoms with Gasteiger partial charge in [-0.15, -0.1) is 0 Å². The smallest absolute Gasteiger partial charge is 0.266 e. The van der Waals surface area contributed by atoms with Crippen molar-refractivity contribution >= 4 is 20.9 Å². The van der Waals surface area contributed by atoms with Gasteiger partial charge in [0.05, 0.1) is 34.1 Å². The summed E-state index contributed by atoms with van der Waals surface area (Å²) in [6.45, 7) is 6.42. The molecule has 0 bridgehead atoms. The van der Waals surface area contributed by atoms with Crippen LogP contribution in [0.1, 0.15) is 39.1 Å². The molecule has 0 aliphatic carbocycles. The first-order chi connectivity index (χ1) is 16.9. The quantitative estimate of drug-likeness (QED) is 0.331. The van der Waals surface area contributed by atoms with Gasteiger partial charge in [0.15, 0.2) is 0 Å². The van der Waals surface area contributed by atoms with E-state index in [0.717, 1.165) is 0 Å². The lowest BCUT2D eigenvalue weighted by Crippen LogP contribution is -2.38. The summed E-state index contributed by atoms with van der Waals surface area (Å²) in [7, 11) is -3.83. The van der Waals surface area contributed by atoms with E-state index in [1.165, 1.54) is 8.87 Å². The molecule has 8 heteroatoms. The molecule has 4 aromatic rings. The number of rotatable bonds is 9. The van der Waals surface area contributed by atoms with Gasteiger partial charge in [0.1, 0.15) is 11.6 Å². The third kappa shape index (κ3) is 4.85. The monoisotopic (exact) mass is 491 g/mol. The van der Waals surface area contributed by atoms with Gasteiger partial charge in [-0.05, 0) is 68.8 Å². The van der Waals surface area contributed by atoms with Gasteiger partial charge in [0, 0.05) is 6.54 Å². The Labute approximate surface area is 205 Å². The number of para-hydroxylation sites is 1. The molecule has 1 aromatic heterocycles. The number of benzene rings is 3. The summed E-state index contributed by atoms with van der Waals surface area (Å²) in [5, 5.41) is 0.463. The fourth-order valence-electron chi connectivity index (χ4n) is 4.14. The summed E-state index contributed by atoms with van der Waals surface area (Å²) in [4.78, 5) is 18.7. The lowest BCUT2D eigenvalue weighted by Gasteiger charge is -2.29. The molecule has 4 rings (SSSR count). The van der Waals surface area contributed by atoms with E-state index in [0.29, 0.717) is 41.2 Å². The highest BCUT2D eigenvalue weighted by Crippen LogP contribution is 2.29. The second kappa shape index (κ2) is 10.4. The van der Waals surface area contributed by atoms with Gasteiger partial charge >= 0.3 is 0 Å². The molecule has 35 heavy (non-hydrogen) atoms. The summed E-state index contributed by atoms with van der Waals surface area (Å²) < 4.78 is 35.8. The number of aromatic nitrogens is 2. The molecule has 0 aliphatic rings. The summed E-state index contributed by atoms with van der Waals surface area (Å²) in [5.41, 5.74) is 0.859. The van der Waals surface area contributed by atoms with Crippen molar-refractivity contribution in [2.45, 2.75) is 38.1 Å². The van der Waals surface area contributed by atoms with E-state index in [1.54, 1.807) is 79.7 Å². The van der Waals surface area contributed by atoms with Gasteiger partial charge < -0.3 is 4.74 Å². The van der Waals surface area contributed by atoms with E-state index >= 15 is 0 Å². The minimum Gasteiger partial charge on any atom is -0.494 e. The molecule has 0 saturated heterocycles. The van der Waals surface area contributed by atoms with E-state index in [-0.39, 0.29) is 17.0 Å². The zero-order valence-corrected chi connectivity index (χ0v) is 20.9. The van der Waals surface area contributed by atoms with Crippen LogP contribution in [0.25, 0.3) is 16.6 Å². The zero-order chi connectivity index (χ0) is 25.0. The van der Waals surface area contributed by atoms with Crippen LogP contribution in [0.3, 0.4) is 0 Å². The summed E-state index contributed by atoms with van der Waals surface area (Å²) >= 11 is 0. The molecule has 0 amide bonds. The van der Waals surface area contributed by atoms with Crippen molar-refractivity contribution in [3.05, 3.63) is 95.0 Å². The molecule has 1 heterocycles. The van der Waals surface area contributed by atoms with Crippen LogP contribution < -0.4 is 10.3 Å². The molecular formula is C27H29N3O4S. The number of hydrogen-bond donors (Lipinski definition) is 0. The van der Waals surface area contributed by atoms with Crippen molar-refractivity contribution in [3.63, 3.8) is 0 Å². The Bertz CT molecular complexity index is 1470. The molecule has 182 valence electrons. The first kappa shape index (κ1) is 24.6. The van der Waals surface area contributed by atoms with Gasteiger partial charge in [-0.2, -0.15) is 4.31 Å². The van der Waals surface area contributed by atoms with Crippen molar-refractivity contribution in [3.8, 4) is 11.4 Å². The van der Waals surface area contributed by atoms with Crippen LogP contribution >= 0.6 is 0 Å². The van der Waals surface area contributed by atoms with Crippen molar-refractivity contribution in [2.24, 2.45) is 0 Å². The molecule has 1 unspecified atom stereocenters. The van der Waals surface area contributed by atoms with Crippen LogP contribution in [0.2, 0.25) is 0 Å². The Morgan fingerprint density at radius 3 is 2.26 bits per heavy atom. The predicted molar refractivity (Wildman–Crippen MR) is 138 cm³/mol. The molecule has 1 atom stereocenters. The summed E-state index contributed by atoms with van der Waals surface area (Å²) in [6.07, 6.45) is 0.608. The molecular weight excluding hydrogens is 462 g/mol. The SMILES string of the molecule is CCCN(C(C)c1nc2ccccc2c(=O)n1-c1ccc(OCC)cc1)S(=O)(=O)c1ccccc1. The van der Waals surface area contributed by atoms with Gasteiger partial charge in [-0.25, -0.2) is 13.4 Å². The highest BCUT2D eigenvalue weighted by atomic mass is 32.2. The predicted octanol–water partition coefficient (Wildman–Crippen LogP) is 4.95. The maximum Gasteiger partial charge on any atom is 0.266 e. The van der Waals surface area contributed by atoms with Crippen LogP contribution in [0, 0.1) is 0 Å². The van der Waals surface area contributed by atoms with Crippen LogP contribution in [0.4, 0.5) is 0 Å². The van der Waals surface area contributed by atoms with Crippen LogP contribution in [0.15, 0.2) is 88.6 Å². The minimum atomic E-state index is -3.83. The number of ether oxygens (including phenoxy) is 1. The minimum absolute atomic E-state index is 0.205. The zero-order valence-electron chi connectivity index (χ0n) is 20.1. The normalized spacial score (nSPS) is 12.7. The van der Waals surface area contributed by atoms with E-state index in [1.807, 2.05) is 19.9 Å². The third-order valence-corrected chi connectivity index (χ3v) is 7.79. The van der Waals surface area contributed by atoms with E-state index in [4.69, 9.17) is 9.72 Å². The summed E-state index contributed by atoms with van der Waals surface area (Å²) in [6, 6.07) is 21.9. The highest BCUT2D eigenvalue weighted by Gasteiger charge is 2.32. The third-order valence-electron chi connectivity index (χ3n) is 5.81. The number of hydrogen-bond acceptors (Lipinski definition) is 5. The van der Waals surface area contributed by atoms with Crippen LogP contribution in [-0.2, 0) is 10.0 Å². The van der Waals surface area contributed by atoms with Crippen LogP contribution in [-0.4, -0.2) is 35.4 Å². The highest BCUT2D eigenvalue weighted by molar-refractivity contribution is 7.89. The Kier molecular flexibility index (Phi) is 7.33. The molecule has 0 fully saturated rings. The molecule has 0 spiro atoms. The maximum atomic E-state index is 13.7. The fraction of sp³-hybridized carbons (Fsp3) is 0.259. The lowest BCUT2D eigenvalue weighted by atomic mass is 10.2. The Morgan fingerprint density at radius 1 is 0.943 bits per heavy atom. The van der Waals surface area contributed by atoms with Gasteiger partial charge in [0.25, 0.3) is 5.56 Å². The largest absolute Gasteiger partial charge is 0.494 e. The van der Waals surface area contributed by atoms with Crippen molar-refractivity contribution in [2.75, 3.05) is 13.2 Å². The molecule has 3 aromatic carbocycles. The van der Waals surface area contributed by atoms with E-state index in [2.05, 4.69) is 0 Å². The van der Waals surface area contributed by atoms with Crippen molar-refractivity contribution < 1.29 is 13.2 Å². The standard InChI is InChI=1S/C27H29N3O4S/c1-4-19-29(35(32,33)23-11-7-6-8-12-23)20(3)26-28-25-14-10-9-13-24(25)27(31)30(26)21-15-17-22(18-16-21)34-5-2/h6-18,20H,4-5,19H2,1-3H3. The van der Waals surface area contributed by atoms with Gasteiger partial charge in [0.2, 0.25) is 10.0 Å². The molecule has 7 nitrogen and oxygen atoms in total. The van der Waals surface area contributed by atoms with Crippen LogP contribution in [0.5, 0.6) is 5.75 Å². The molecule has 0 aliphatic heterocycles. The molecule has 0 radical (unpaired) electrons. The first-order valence-corrected chi connectivity index (χ1v) is 13.1. The Balaban J connectivity index is 1.92. The molecule has 0 N–H and O–H groups in total. The van der Waals surface area contributed by atoms with Gasteiger partial charge in [-0.3, -0.25) is 9.36 Å². The number of fused-ring (bicyclic) bond motifs is 1. The average Bonchev–Trinajstić information content (AvgIpc) is 2.88. The number of nitrogens with zero attached hydrogens (tertiary/aromatic N) is 3. The maximum absolute atomic E-state index is 13.7. The van der Waals surface area contributed by atoms with E-state index in [9.17, 15) is 13.2 Å². The fourth-order valence-corrected chi connectivity index (χ4v) is 5.84. The molecule has 0 saturated carbocycles. The van der Waals surface area contributed by atoms with Crippen molar-refractivity contribution in [1.82, 2.24) is 13.9 Å². The topological polar surface area (TPSA) is 81.5 Å². The average molecular weight is 492 g/mol. The second-order valence-electron chi connectivity index (χ2n) is 8.16. The first-order valence-electron chi connectivity index (χ1n) is 11.7. The Hall–Kier alpha value is -3.49. The van der Waals surface area contributed by atoms with E-state index < -0.39 is 16.1 Å². The Morgan fingerprint density at radius 2 is 1.60 bits per heavy atom. The lowest BCUT2D eigenvalue weighted by molar-refractivity contribution is 0.327. The second-order valence-corrected chi connectivity index (χ2v) is 10.0. The summed E-state index contributed by atoms with van der Waals surface area (Å²) in [5.74, 6) is 1.04. The van der Waals surface area contributed by atoms with Crippen molar-refractivity contribution in [1.29, 1.82) is 0 Å². The number of sulfonamides is 1.